The fourth-order valence-electron chi connectivity index (χ4n) is 3.66. The molecule has 0 bridgehead atoms. The van der Waals surface area contributed by atoms with Gasteiger partial charge in [0.25, 0.3) is 20.2 Å². The molecular weight excluding hydrogens is 470 g/mol. The van der Waals surface area contributed by atoms with Gasteiger partial charge in [-0.05, 0) is 36.7 Å². The predicted molar refractivity (Wildman–Crippen MR) is 122 cm³/mol. The highest BCUT2D eigenvalue weighted by Gasteiger charge is 2.23. The molecule has 13 heteroatoms. The molecule has 1 fully saturated rings. The van der Waals surface area contributed by atoms with Gasteiger partial charge in [-0.2, -0.15) is 26.8 Å². The SMILES string of the molecule is CCCCc1nc(Cc2cc(S(=O)(=O)O)ccc2S(=O)(=O)O)nc(N2CCN(CC)CC2)n1. The highest BCUT2D eigenvalue weighted by molar-refractivity contribution is 7.86. The molecule has 1 saturated heterocycles. The smallest absolute Gasteiger partial charge is 0.294 e. The summed E-state index contributed by atoms with van der Waals surface area (Å²) in [6, 6.07) is 2.87. The average molecular weight is 500 g/mol. The normalized spacial score (nSPS) is 15.7. The Hall–Kier alpha value is -2.19. The average Bonchev–Trinajstić information content (AvgIpc) is 2.76. The molecule has 2 aromatic rings. The zero-order valence-electron chi connectivity index (χ0n) is 18.7. The summed E-state index contributed by atoms with van der Waals surface area (Å²) in [7, 11) is -9.22. The van der Waals surface area contributed by atoms with Crippen LogP contribution in [-0.2, 0) is 33.1 Å². The molecule has 182 valence electrons. The monoisotopic (exact) mass is 499 g/mol. The van der Waals surface area contributed by atoms with Gasteiger partial charge in [0, 0.05) is 39.0 Å². The van der Waals surface area contributed by atoms with E-state index in [0.717, 1.165) is 63.8 Å². The molecule has 0 spiro atoms. The molecule has 0 radical (unpaired) electrons. The van der Waals surface area contributed by atoms with E-state index in [1.54, 1.807) is 0 Å². The maximum absolute atomic E-state index is 11.9. The number of benzene rings is 1. The number of piperazine rings is 1. The lowest BCUT2D eigenvalue weighted by molar-refractivity contribution is 0.269. The Morgan fingerprint density at radius 1 is 0.909 bits per heavy atom. The van der Waals surface area contributed by atoms with E-state index in [9.17, 15) is 25.9 Å². The summed E-state index contributed by atoms with van der Waals surface area (Å²) in [6.45, 7) is 8.31. The number of unbranched alkanes of at least 4 members (excludes halogenated alkanes) is 1. The van der Waals surface area contributed by atoms with Gasteiger partial charge in [-0.1, -0.05) is 20.3 Å². The fraction of sp³-hybridized carbons (Fsp3) is 0.550. The molecule has 0 atom stereocenters. The minimum absolute atomic E-state index is 0.0398. The van der Waals surface area contributed by atoms with Crippen LogP contribution < -0.4 is 4.90 Å². The van der Waals surface area contributed by atoms with Crippen molar-refractivity contribution in [3.05, 3.63) is 35.4 Å². The quantitative estimate of drug-likeness (QED) is 0.482. The van der Waals surface area contributed by atoms with Crippen LogP contribution >= 0.6 is 0 Å². The minimum Gasteiger partial charge on any atom is -0.338 e. The Morgan fingerprint density at radius 3 is 2.15 bits per heavy atom. The molecule has 0 amide bonds. The molecule has 0 saturated carbocycles. The Balaban J connectivity index is 2.02. The van der Waals surface area contributed by atoms with Crippen LogP contribution in [0, 0.1) is 0 Å². The first-order chi connectivity index (χ1) is 15.5. The van der Waals surface area contributed by atoms with E-state index in [4.69, 9.17) is 0 Å². The van der Waals surface area contributed by atoms with E-state index >= 15 is 0 Å². The summed E-state index contributed by atoms with van der Waals surface area (Å²) < 4.78 is 65.9. The van der Waals surface area contributed by atoms with Gasteiger partial charge in [-0.3, -0.25) is 9.11 Å². The van der Waals surface area contributed by atoms with Crippen LogP contribution in [0.25, 0.3) is 0 Å². The van der Waals surface area contributed by atoms with Crippen LogP contribution in [0.3, 0.4) is 0 Å². The number of hydrogen-bond acceptors (Lipinski definition) is 9. The van der Waals surface area contributed by atoms with Gasteiger partial charge in [-0.15, -0.1) is 0 Å². The summed E-state index contributed by atoms with van der Waals surface area (Å²) >= 11 is 0. The maximum atomic E-state index is 11.9. The van der Waals surface area contributed by atoms with E-state index in [-0.39, 0.29) is 17.8 Å². The number of likely N-dealkylation sites (N-methyl/N-ethyl adjacent to an activating group) is 1. The van der Waals surface area contributed by atoms with Crippen molar-refractivity contribution in [2.75, 3.05) is 37.6 Å². The van der Waals surface area contributed by atoms with Crippen molar-refractivity contribution in [2.45, 2.75) is 49.3 Å². The van der Waals surface area contributed by atoms with E-state index in [1.165, 1.54) is 0 Å². The number of nitrogens with zero attached hydrogens (tertiary/aromatic N) is 5. The van der Waals surface area contributed by atoms with Crippen LogP contribution in [-0.4, -0.2) is 78.5 Å². The Labute approximate surface area is 194 Å². The number of anilines is 1. The van der Waals surface area contributed by atoms with E-state index < -0.39 is 30.0 Å². The zero-order chi connectivity index (χ0) is 24.2. The lowest BCUT2D eigenvalue weighted by atomic mass is 10.1. The first kappa shape index (κ1) is 25.4. The molecule has 33 heavy (non-hydrogen) atoms. The largest absolute Gasteiger partial charge is 0.338 e. The van der Waals surface area contributed by atoms with Crippen molar-refractivity contribution < 1.29 is 25.9 Å². The summed E-state index contributed by atoms with van der Waals surface area (Å²) in [6.07, 6.45) is 2.25. The number of aromatic nitrogens is 3. The molecule has 1 aliphatic rings. The summed E-state index contributed by atoms with van der Waals surface area (Å²) in [5, 5.41) is 0. The van der Waals surface area contributed by atoms with Gasteiger partial charge < -0.3 is 9.80 Å². The lowest BCUT2D eigenvalue weighted by Crippen LogP contribution is -2.47. The zero-order valence-corrected chi connectivity index (χ0v) is 20.3. The number of aryl methyl sites for hydroxylation is 1. The third-order valence-electron chi connectivity index (χ3n) is 5.53. The van der Waals surface area contributed by atoms with Crippen LogP contribution in [0.2, 0.25) is 0 Å². The molecule has 0 unspecified atom stereocenters. The van der Waals surface area contributed by atoms with E-state index in [1.807, 2.05) is 11.8 Å². The molecule has 2 N–H and O–H groups in total. The van der Waals surface area contributed by atoms with Crippen LogP contribution in [0.1, 0.15) is 43.9 Å². The molecule has 3 rings (SSSR count). The van der Waals surface area contributed by atoms with Crippen molar-refractivity contribution >= 4 is 26.2 Å². The first-order valence-electron chi connectivity index (χ1n) is 10.8. The van der Waals surface area contributed by atoms with Crippen molar-refractivity contribution in [2.24, 2.45) is 0 Å². The van der Waals surface area contributed by atoms with Crippen molar-refractivity contribution in [1.29, 1.82) is 0 Å². The Morgan fingerprint density at radius 2 is 1.58 bits per heavy atom. The third kappa shape index (κ3) is 6.67. The molecule has 1 aromatic carbocycles. The van der Waals surface area contributed by atoms with Crippen molar-refractivity contribution in [3.63, 3.8) is 0 Å². The van der Waals surface area contributed by atoms with Gasteiger partial charge in [0.1, 0.15) is 11.6 Å². The van der Waals surface area contributed by atoms with Crippen LogP contribution in [0.5, 0.6) is 0 Å². The van der Waals surface area contributed by atoms with Gasteiger partial charge in [-0.25, -0.2) is 4.98 Å². The second-order valence-corrected chi connectivity index (χ2v) is 10.7. The van der Waals surface area contributed by atoms with Gasteiger partial charge in [0.15, 0.2) is 0 Å². The second-order valence-electron chi connectivity index (χ2n) is 7.89. The minimum atomic E-state index is -4.64. The first-order valence-corrected chi connectivity index (χ1v) is 13.7. The second kappa shape index (κ2) is 10.4. The molecule has 11 nitrogen and oxygen atoms in total. The standard InChI is InChI=1S/C20H29N5O6S2/c1-3-5-6-18-21-19(23-20(22-18)25-11-9-24(4-2)10-12-25)14-15-13-16(32(26,27)28)7-8-17(15)33(29,30)31/h7-8,13H,3-6,9-12,14H2,1-2H3,(H,26,27,28)(H,29,30,31). The maximum Gasteiger partial charge on any atom is 0.294 e. The van der Waals surface area contributed by atoms with E-state index in [2.05, 4.69) is 26.8 Å². The third-order valence-corrected chi connectivity index (χ3v) is 7.33. The van der Waals surface area contributed by atoms with Crippen LogP contribution in [0.15, 0.2) is 28.0 Å². The molecule has 1 aliphatic heterocycles. The van der Waals surface area contributed by atoms with Gasteiger partial charge >= 0.3 is 0 Å². The number of hydrogen-bond donors (Lipinski definition) is 2. The van der Waals surface area contributed by atoms with Crippen molar-refractivity contribution in [3.8, 4) is 0 Å². The molecule has 0 aliphatic carbocycles. The fourth-order valence-corrected chi connectivity index (χ4v) is 4.90. The highest BCUT2D eigenvalue weighted by atomic mass is 32.2. The molecular formula is C20H29N5O6S2. The summed E-state index contributed by atoms with van der Waals surface area (Å²) in [5.41, 5.74) is -0.0398. The molecule has 2 heterocycles. The molecule has 1 aromatic heterocycles. The Bertz CT molecular complexity index is 1200. The van der Waals surface area contributed by atoms with Gasteiger partial charge in [0.05, 0.1) is 9.79 Å². The Kier molecular flexibility index (Phi) is 8.00. The van der Waals surface area contributed by atoms with Gasteiger partial charge in [0.2, 0.25) is 5.95 Å². The van der Waals surface area contributed by atoms with Crippen molar-refractivity contribution in [1.82, 2.24) is 19.9 Å². The topological polar surface area (TPSA) is 154 Å². The lowest BCUT2D eigenvalue weighted by Gasteiger charge is -2.34. The van der Waals surface area contributed by atoms with Crippen LogP contribution in [0.4, 0.5) is 5.95 Å². The summed E-state index contributed by atoms with van der Waals surface area (Å²) in [4.78, 5) is 17.0. The predicted octanol–water partition coefficient (Wildman–Crippen LogP) is 1.44. The highest BCUT2D eigenvalue weighted by Crippen LogP contribution is 2.23. The number of rotatable bonds is 9. The van der Waals surface area contributed by atoms with E-state index in [0.29, 0.717) is 18.2 Å². The summed E-state index contributed by atoms with van der Waals surface area (Å²) in [5.74, 6) is 1.30.